The Bertz CT molecular complexity index is 997. The maximum atomic E-state index is 12.0. The van der Waals surface area contributed by atoms with Gasteiger partial charge in [0, 0.05) is 33.4 Å². The SMILES string of the molecule is O=C(NCCO)c1ccc(-[s+]2c3ccccc3c3ccccc32)cc1. The van der Waals surface area contributed by atoms with Crippen LogP contribution >= 0.6 is 10.5 Å². The Morgan fingerprint density at radius 2 is 1.40 bits per heavy atom. The monoisotopic (exact) mass is 348 g/mol. The molecule has 1 aromatic heterocycles. The molecule has 4 aromatic rings. The summed E-state index contributed by atoms with van der Waals surface area (Å²) < 4.78 is 2.67. The Balaban J connectivity index is 1.83. The maximum absolute atomic E-state index is 12.0. The van der Waals surface area contributed by atoms with E-state index in [9.17, 15) is 4.79 Å². The number of fused-ring (bicyclic) bond motifs is 3. The average Bonchev–Trinajstić information content (AvgIpc) is 3.01. The van der Waals surface area contributed by atoms with Crippen molar-refractivity contribution in [2.24, 2.45) is 0 Å². The molecule has 0 fully saturated rings. The van der Waals surface area contributed by atoms with Crippen LogP contribution in [0, 0.1) is 0 Å². The largest absolute Gasteiger partial charge is 0.395 e. The van der Waals surface area contributed by atoms with E-state index < -0.39 is 0 Å². The summed E-state index contributed by atoms with van der Waals surface area (Å²) >= 11 is 0. The summed E-state index contributed by atoms with van der Waals surface area (Å²) in [6.07, 6.45) is 0. The molecule has 0 radical (unpaired) electrons. The quantitative estimate of drug-likeness (QED) is 0.535. The number of hydrogen-bond donors (Lipinski definition) is 2. The van der Waals surface area contributed by atoms with E-state index in [4.69, 9.17) is 5.11 Å². The summed E-state index contributed by atoms with van der Waals surface area (Å²) in [7, 11) is -0.139. The molecule has 0 aliphatic heterocycles. The lowest BCUT2D eigenvalue weighted by Gasteiger charge is -2.02. The van der Waals surface area contributed by atoms with Crippen LogP contribution in [-0.4, -0.2) is 24.2 Å². The van der Waals surface area contributed by atoms with E-state index in [1.54, 1.807) is 0 Å². The second-order valence-corrected chi connectivity index (χ2v) is 7.77. The van der Waals surface area contributed by atoms with Gasteiger partial charge in [-0.3, -0.25) is 4.79 Å². The number of thiophene rings is 1. The Hall–Kier alpha value is -2.69. The Labute approximate surface area is 148 Å². The number of carbonyl (C=O) groups excluding carboxylic acids is 1. The first kappa shape index (κ1) is 15.8. The van der Waals surface area contributed by atoms with Gasteiger partial charge in [0.25, 0.3) is 5.91 Å². The van der Waals surface area contributed by atoms with Gasteiger partial charge in [-0.25, -0.2) is 0 Å². The van der Waals surface area contributed by atoms with Gasteiger partial charge in [0.05, 0.1) is 6.61 Å². The first-order valence-corrected chi connectivity index (χ1v) is 9.44. The van der Waals surface area contributed by atoms with Crippen LogP contribution in [0.15, 0.2) is 72.8 Å². The van der Waals surface area contributed by atoms with Gasteiger partial charge in [0.1, 0.15) is 0 Å². The minimum Gasteiger partial charge on any atom is -0.395 e. The van der Waals surface area contributed by atoms with Crippen molar-refractivity contribution in [3.8, 4) is 4.90 Å². The van der Waals surface area contributed by atoms with E-state index in [-0.39, 0.29) is 29.5 Å². The number of nitrogens with one attached hydrogen (secondary N) is 1. The van der Waals surface area contributed by atoms with Crippen LogP contribution in [0.4, 0.5) is 0 Å². The van der Waals surface area contributed by atoms with Gasteiger partial charge >= 0.3 is 0 Å². The van der Waals surface area contributed by atoms with Crippen molar-refractivity contribution in [2.75, 3.05) is 13.2 Å². The normalized spacial score (nSPS) is 11.1. The Morgan fingerprint density at radius 3 is 1.96 bits per heavy atom. The van der Waals surface area contributed by atoms with Crippen LogP contribution in [0.2, 0.25) is 0 Å². The van der Waals surface area contributed by atoms with Crippen molar-refractivity contribution >= 4 is 36.5 Å². The summed E-state index contributed by atoms with van der Waals surface area (Å²) in [5.74, 6) is -0.156. The summed E-state index contributed by atoms with van der Waals surface area (Å²) in [6.45, 7) is 0.215. The molecule has 2 N–H and O–H groups in total. The molecule has 0 atom stereocenters. The minimum atomic E-state index is -0.156. The van der Waals surface area contributed by atoms with Crippen LogP contribution in [0.25, 0.3) is 25.1 Å². The van der Waals surface area contributed by atoms with E-state index in [0.29, 0.717) is 5.56 Å². The van der Waals surface area contributed by atoms with Gasteiger partial charge < -0.3 is 10.4 Å². The zero-order valence-corrected chi connectivity index (χ0v) is 14.4. The molecule has 0 unspecified atom stereocenters. The molecule has 1 heterocycles. The summed E-state index contributed by atoms with van der Waals surface area (Å²) in [5, 5.41) is 14.1. The third kappa shape index (κ3) is 2.80. The number of hydrogen-bond acceptors (Lipinski definition) is 2. The van der Waals surface area contributed by atoms with Crippen molar-refractivity contribution in [2.45, 2.75) is 0 Å². The molecule has 0 saturated heterocycles. The Morgan fingerprint density at radius 1 is 0.840 bits per heavy atom. The standard InChI is InChI=1S/C21H17NO2S/c23-14-13-22-21(24)15-9-11-16(12-10-15)25-19-7-3-1-5-17(19)18-6-2-4-8-20(18)25/h1-12,23H,13-14H2/p+1. The van der Waals surface area contributed by atoms with Gasteiger partial charge in [-0.15, -0.1) is 0 Å². The molecule has 0 aliphatic rings. The number of benzene rings is 3. The van der Waals surface area contributed by atoms with Gasteiger partial charge in [-0.2, -0.15) is 0 Å². The van der Waals surface area contributed by atoms with Gasteiger partial charge in [0.15, 0.2) is 14.3 Å². The third-order valence-electron chi connectivity index (χ3n) is 4.25. The molecular weight excluding hydrogens is 330 g/mol. The second-order valence-electron chi connectivity index (χ2n) is 5.80. The van der Waals surface area contributed by atoms with Gasteiger partial charge in [-0.1, -0.05) is 24.3 Å². The number of aliphatic hydroxyl groups is 1. The maximum Gasteiger partial charge on any atom is 0.251 e. The van der Waals surface area contributed by atoms with Crippen LogP contribution in [0.3, 0.4) is 0 Å². The van der Waals surface area contributed by atoms with Crippen LogP contribution in [-0.2, 0) is 0 Å². The number of carbonyl (C=O) groups is 1. The smallest absolute Gasteiger partial charge is 0.251 e. The first-order chi connectivity index (χ1) is 12.3. The van der Waals surface area contributed by atoms with Crippen molar-refractivity contribution < 1.29 is 9.90 Å². The van der Waals surface area contributed by atoms with Gasteiger partial charge in [0.2, 0.25) is 0 Å². The molecule has 0 aliphatic carbocycles. The lowest BCUT2D eigenvalue weighted by atomic mass is 10.2. The van der Waals surface area contributed by atoms with E-state index in [0.717, 1.165) is 0 Å². The van der Waals surface area contributed by atoms with Crippen LogP contribution in [0.5, 0.6) is 0 Å². The fourth-order valence-corrected chi connectivity index (χ4v) is 5.50. The highest BCUT2D eigenvalue weighted by atomic mass is 32.2. The fourth-order valence-electron chi connectivity index (χ4n) is 3.12. The summed E-state index contributed by atoms with van der Waals surface area (Å²) in [5.41, 5.74) is 0.613. The highest BCUT2D eigenvalue weighted by molar-refractivity contribution is 7.50. The average molecular weight is 348 g/mol. The molecule has 4 rings (SSSR count). The van der Waals surface area contributed by atoms with Crippen LogP contribution in [0.1, 0.15) is 10.4 Å². The van der Waals surface area contributed by atoms with Crippen molar-refractivity contribution in [3.63, 3.8) is 0 Å². The van der Waals surface area contributed by atoms with E-state index in [1.807, 2.05) is 24.3 Å². The predicted molar refractivity (Wildman–Crippen MR) is 105 cm³/mol. The minimum absolute atomic E-state index is 0.0547. The molecule has 0 spiro atoms. The molecule has 25 heavy (non-hydrogen) atoms. The summed E-state index contributed by atoms with van der Waals surface area (Å²) in [4.78, 5) is 13.2. The third-order valence-corrected chi connectivity index (χ3v) is 6.59. The zero-order chi connectivity index (χ0) is 17.2. The van der Waals surface area contributed by atoms with Crippen molar-refractivity contribution in [1.82, 2.24) is 5.32 Å². The van der Waals surface area contributed by atoms with Crippen molar-refractivity contribution in [3.05, 3.63) is 78.4 Å². The predicted octanol–water partition coefficient (Wildman–Crippen LogP) is 4.45. The number of aliphatic hydroxyl groups excluding tert-OH is 1. The molecule has 4 heteroatoms. The zero-order valence-electron chi connectivity index (χ0n) is 13.6. The van der Waals surface area contributed by atoms with Crippen molar-refractivity contribution in [1.29, 1.82) is 0 Å². The fraction of sp³-hybridized carbons (Fsp3) is 0.0952. The van der Waals surface area contributed by atoms with E-state index in [1.165, 1.54) is 25.1 Å². The Kier molecular flexibility index (Phi) is 4.22. The highest BCUT2D eigenvalue weighted by Crippen LogP contribution is 2.47. The molecule has 3 aromatic carbocycles. The molecule has 124 valence electrons. The lowest BCUT2D eigenvalue weighted by Crippen LogP contribution is -2.26. The van der Waals surface area contributed by atoms with E-state index in [2.05, 4.69) is 53.8 Å². The van der Waals surface area contributed by atoms with E-state index >= 15 is 0 Å². The first-order valence-electron chi connectivity index (χ1n) is 8.21. The molecule has 3 nitrogen and oxygen atoms in total. The van der Waals surface area contributed by atoms with Crippen LogP contribution < -0.4 is 5.32 Å². The molecule has 0 bridgehead atoms. The highest BCUT2D eigenvalue weighted by Gasteiger charge is 2.23. The number of rotatable bonds is 4. The second kappa shape index (κ2) is 6.67. The lowest BCUT2D eigenvalue weighted by molar-refractivity contribution is 0.0945. The molecular formula is C21H18NO2S+. The topological polar surface area (TPSA) is 49.3 Å². The number of amides is 1. The van der Waals surface area contributed by atoms with Gasteiger partial charge in [-0.05, 0) is 48.5 Å². The summed E-state index contributed by atoms with van der Waals surface area (Å²) in [6, 6.07) is 24.9. The molecule has 0 saturated carbocycles. The molecule has 1 amide bonds.